The van der Waals surface area contributed by atoms with Gasteiger partial charge in [0.15, 0.2) is 0 Å². The van der Waals surface area contributed by atoms with E-state index < -0.39 is 0 Å². The molecule has 0 radical (unpaired) electrons. The second-order valence-electron chi connectivity index (χ2n) is 18.5. The van der Waals surface area contributed by atoms with Gasteiger partial charge >= 0.3 is 0 Å². The molecule has 9 rings (SSSR count). The van der Waals surface area contributed by atoms with Crippen molar-refractivity contribution < 1.29 is 18.9 Å². The van der Waals surface area contributed by atoms with Crippen LogP contribution in [-0.4, -0.2) is 9.97 Å². The fourth-order valence-electron chi connectivity index (χ4n) is 7.78. The molecule has 0 N–H and O–H groups in total. The zero-order valence-electron chi connectivity index (χ0n) is 38.2. The number of hydrogen-bond donors (Lipinski definition) is 0. The van der Waals surface area contributed by atoms with Gasteiger partial charge in [-0.3, -0.25) is 0 Å². The lowest BCUT2D eigenvalue weighted by Crippen LogP contribution is -2.11. The van der Waals surface area contributed by atoms with Crippen molar-refractivity contribution in [2.45, 2.75) is 52.4 Å². The minimum atomic E-state index is -0.238. The summed E-state index contributed by atoms with van der Waals surface area (Å²) in [6, 6.07) is 54.1. The highest BCUT2D eigenvalue weighted by molar-refractivity contribution is 5.78. The molecule has 1 aliphatic heterocycles. The van der Waals surface area contributed by atoms with Gasteiger partial charge in [0.1, 0.15) is 69.5 Å². The van der Waals surface area contributed by atoms with Gasteiger partial charge in [0, 0.05) is 0 Å². The van der Waals surface area contributed by atoms with E-state index in [1.807, 2.05) is 72.8 Å². The molecule has 8 aromatic rings. The quantitative estimate of drug-likeness (QED) is 0.143. The number of aromatic nitrogens is 2. The van der Waals surface area contributed by atoms with Crippen LogP contribution in [0.5, 0.6) is 46.5 Å². The van der Waals surface area contributed by atoms with Crippen LogP contribution in [-0.2, 0) is 10.8 Å². The van der Waals surface area contributed by atoms with Crippen LogP contribution in [0.1, 0.15) is 74.9 Å². The molecule has 6 aromatic carbocycles. The van der Waals surface area contributed by atoms with Crippen LogP contribution in [0.15, 0.2) is 146 Å². The Bertz CT molecular complexity index is 3070. The molecule has 0 unspecified atom stereocenters. The average molecular weight is 887 g/mol. The van der Waals surface area contributed by atoms with E-state index in [0.717, 1.165) is 55.6 Å². The van der Waals surface area contributed by atoms with Crippen LogP contribution in [0.25, 0.3) is 44.5 Å². The monoisotopic (exact) mass is 886 g/mol. The van der Waals surface area contributed by atoms with E-state index in [4.69, 9.17) is 18.9 Å². The Hall–Kier alpha value is -9.22. The Morgan fingerprint density at radius 1 is 0.324 bits per heavy atom. The summed E-state index contributed by atoms with van der Waals surface area (Å²) in [6.07, 6.45) is 0. The van der Waals surface area contributed by atoms with Gasteiger partial charge < -0.3 is 18.9 Å². The Morgan fingerprint density at radius 2 is 0.574 bits per heavy atom. The predicted molar refractivity (Wildman–Crippen MR) is 260 cm³/mol. The first-order valence-electron chi connectivity index (χ1n) is 21.8. The first-order chi connectivity index (χ1) is 32.7. The second kappa shape index (κ2) is 17.6. The van der Waals surface area contributed by atoms with Crippen LogP contribution < -0.4 is 18.9 Å². The van der Waals surface area contributed by atoms with Crippen molar-refractivity contribution in [1.82, 2.24) is 9.97 Å². The maximum absolute atomic E-state index is 10.2. The van der Waals surface area contributed by atoms with Crippen LogP contribution in [0, 0.1) is 45.3 Å². The summed E-state index contributed by atoms with van der Waals surface area (Å²) in [5.41, 5.74) is 8.93. The summed E-state index contributed by atoms with van der Waals surface area (Å²) in [5.74, 6) is 1.62. The van der Waals surface area contributed by atoms with E-state index in [-0.39, 0.29) is 56.6 Å². The smallest absolute Gasteiger partial charge is 0.240 e. The van der Waals surface area contributed by atoms with Gasteiger partial charge in [-0.15, -0.1) is 0 Å². The molecule has 0 saturated heterocycles. The molecule has 0 aliphatic carbocycles. The zero-order chi connectivity index (χ0) is 47.7. The number of nitrogens with zero attached hydrogens (tertiary/aromatic N) is 6. The minimum Gasteiger partial charge on any atom is -0.438 e. The molecular weight excluding hydrogens is 845 g/mol. The third-order valence-corrected chi connectivity index (χ3v) is 11.5. The molecule has 10 nitrogen and oxygen atoms in total. The fourth-order valence-corrected chi connectivity index (χ4v) is 7.78. The number of rotatable bonds is 0. The Morgan fingerprint density at radius 3 is 0.794 bits per heavy atom. The van der Waals surface area contributed by atoms with E-state index in [2.05, 4.69) is 112 Å². The van der Waals surface area contributed by atoms with Crippen molar-refractivity contribution in [1.29, 1.82) is 21.0 Å². The van der Waals surface area contributed by atoms with Crippen LogP contribution >= 0.6 is 0 Å². The molecule has 16 bridgehead atoms. The van der Waals surface area contributed by atoms with E-state index in [9.17, 15) is 21.0 Å². The third-order valence-electron chi connectivity index (χ3n) is 11.5. The van der Waals surface area contributed by atoms with Crippen molar-refractivity contribution in [2.24, 2.45) is 0 Å². The summed E-state index contributed by atoms with van der Waals surface area (Å²) in [6.45, 7) is 12.9. The molecule has 3 heterocycles. The highest BCUT2D eigenvalue weighted by Gasteiger charge is 2.22. The molecule has 0 fully saturated rings. The van der Waals surface area contributed by atoms with E-state index in [1.54, 1.807) is 24.3 Å². The van der Waals surface area contributed by atoms with E-state index in [1.165, 1.54) is 12.1 Å². The van der Waals surface area contributed by atoms with Crippen LogP contribution in [0.3, 0.4) is 0 Å². The van der Waals surface area contributed by atoms with E-state index >= 15 is 0 Å². The maximum Gasteiger partial charge on any atom is 0.240 e. The number of nitriles is 4. The minimum absolute atomic E-state index is 0.0129. The van der Waals surface area contributed by atoms with Crippen molar-refractivity contribution in [3.8, 4) is 115 Å². The molecule has 68 heavy (non-hydrogen) atoms. The van der Waals surface area contributed by atoms with Crippen LogP contribution in [0.2, 0.25) is 0 Å². The SMILES string of the molecule is CC(C)(C)c1cc2cc(c1)-c1cccc(c1)Oc1nc(c(C#N)cc1C#N)Oc1cccc(c1)-c1cc(cc(C(C)(C)C)c1)-c1cccc(c1)Oc1nc(c(C#N)cc1C#N)Oc1cccc-2c1. The zero-order valence-corrected chi connectivity index (χ0v) is 38.2. The lowest BCUT2D eigenvalue weighted by Gasteiger charge is -2.22. The largest absolute Gasteiger partial charge is 0.438 e. The number of fused-ring (bicyclic) bond motifs is 20. The van der Waals surface area contributed by atoms with Gasteiger partial charge in [-0.25, -0.2) is 0 Å². The first kappa shape index (κ1) is 44.0. The molecule has 328 valence electrons. The van der Waals surface area contributed by atoms with Gasteiger partial charge in [-0.2, -0.15) is 31.0 Å². The van der Waals surface area contributed by atoms with Gasteiger partial charge in [0.05, 0.1) is 0 Å². The van der Waals surface area contributed by atoms with Gasteiger partial charge in [0.2, 0.25) is 23.5 Å². The number of hydrogen-bond acceptors (Lipinski definition) is 10. The molecule has 1 aliphatic rings. The predicted octanol–water partition coefficient (Wildman–Crippen LogP) is 14.7. The molecule has 0 saturated carbocycles. The maximum atomic E-state index is 10.2. The Kier molecular flexibility index (Phi) is 11.4. The van der Waals surface area contributed by atoms with Gasteiger partial charge in [-0.05, 0) is 139 Å². The molecular formula is C58H42N6O4. The van der Waals surface area contributed by atoms with Crippen LogP contribution in [0.4, 0.5) is 0 Å². The van der Waals surface area contributed by atoms with Gasteiger partial charge in [-0.1, -0.05) is 114 Å². The summed E-state index contributed by atoms with van der Waals surface area (Å²) in [7, 11) is 0. The normalized spacial score (nSPS) is 11.8. The molecule has 0 amide bonds. The summed E-state index contributed by atoms with van der Waals surface area (Å²) in [5, 5.41) is 40.9. The van der Waals surface area contributed by atoms with Crippen molar-refractivity contribution in [2.75, 3.05) is 0 Å². The fraction of sp³-hybridized carbons (Fsp3) is 0.138. The Balaban J connectivity index is 1.24. The van der Waals surface area contributed by atoms with Crippen molar-refractivity contribution >= 4 is 0 Å². The standard InChI is InChI=1S/C58H42N6O4/c1-57(2,3)47-23-39-19-40(24-47)36-12-8-16-50(28-36)66-54-44(32-60)22-46(34-62)56(64-54)68-52-18-10-14-38(30-52)42-20-41(25-48(26-42)58(4,5)6)37-13-9-17-51(29-37)67-55-45(33-61)21-43(31-59)53(63-55)65-49-15-7-11-35(39)27-49/h7-30H,1-6H3. The average Bonchev–Trinajstić information content (AvgIpc) is 3.33. The second-order valence-corrected chi connectivity index (χ2v) is 18.5. The van der Waals surface area contributed by atoms with Gasteiger partial charge in [0.25, 0.3) is 0 Å². The topological polar surface area (TPSA) is 158 Å². The Labute approximate surface area is 395 Å². The molecule has 0 spiro atoms. The number of benzene rings is 6. The molecule has 10 heteroatoms. The first-order valence-corrected chi connectivity index (χ1v) is 21.8. The lowest BCUT2D eigenvalue weighted by atomic mass is 9.83. The highest BCUT2D eigenvalue weighted by atomic mass is 16.5. The highest BCUT2D eigenvalue weighted by Crippen LogP contribution is 2.41. The lowest BCUT2D eigenvalue weighted by molar-refractivity contribution is 0.423. The van der Waals surface area contributed by atoms with Crippen molar-refractivity contribution in [3.63, 3.8) is 0 Å². The molecule has 0 atom stereocenters. The summed E-state index contributed by atoms with van der Waals surface area (Å²) >= 11 is 0. The number of pyridine rings is 2. The summed E-state index contributed by atoms with van der Waals surface area (Å²) < 4.78 is 25.5. The van der Waals surface area contributed by atoms with Crippen molar-refractivity contribution in [3.05, 3.63) is 179 Å². The summed E-state index contributed by atoms with van der Waals surface area (Å²) in [4.78, 5) is 9.26. The molecule has 2 aromatic heterocycles. The third kappa shape index (κ3) is 9.17. The number of ether oxygens (including phenoxy) is 4. The van der Waals surface area contributed by atoms with E-state index in [0.29, 0.717) is 23.0 Å².